The van der Waals surface area contributed by atoms with Crippen molar-refractivity contribution in [3.8, 4) is 11.1 Å². The number of esters is 1. The first-order valence-corrected chi connectivity index (χ1v) is 12.7. The normalized spacial score (nSPS) is 22.2. The summed E-state index contributed by atoms with van der Waals surface area (Å²) in [6.07, 6.45) is -4.25. The number of nitrogens with two attached hydrogens (primary N) is 1. The molecule has 0 saturated carbocycles. The van der Waals surface area contributed by atoms with E-state index in [-0.39, 0.29) is 4.90 Å². The maximum atomic E-state index is 13.7. The fraction of sp³-hybridized carbons (Fsp3) is 0.200. The quantitative estimate of drug-likeness (QED) is 0.382. The van der Waals surface area contributed by atoms with Gasteiger partial charge in [0.25, 0.3) is 5.91 Å². The molecule has 1 aliphatic rings. The third-order valence-electron chi connectivity index (χ3n) is 6.09. The summed E-state index contributed by atoms with van der Waals surface area (Å²) in [6.45, 7) is 0. The van der Waals surface area contributed by atoms with Gasteiger partial charge in [-0.1, -0.05) is 60.7 Å². The first kappa shape index (κ1) is 26.3. The Morgan fingerprint density at radius 3 is 2.11 bits per heavy atom. The average Bonchev–Trinajstić information content (AvgIpc) is 3.05. The molecule has 0 bridgehead atoms. The fourth-order valence-electron chi connectivity index (χ4n) is 4.17. The lowest BCUT2D eigenvalue weighted by Gasteiger charge is -2.32. The van der Waals surface area contributed by atoms with E-state index in [4.69, 9.17) is 5.73 Å². The van der Waals surface area contributed by atoms with E-state index in [1.54, 1.807) is 66.7 Å². The molecule has 0 radical (unpaired) electrons. The van der Waals surface area contributed by atoms with Crippen molar-refractivity contribution in [1.82, 2.24) is 10.2 Å². The van der Waals surface area contributed by atoms with Crippen LogP contribution in [0.15, 0.2) is 83.8 Å². The van der Waals surface area contributed by atoms with Crippen molar-refractivity contribution in [2.24, 2.45) is 5.73 Å². The summed E-state index contributed by atoms with van der Waals surface area (Å²) >= 11 is 0. The zero-order chi connectivity index (χ0) is 27.2. The van der Waals surface area contributed by atoms with Gasteiger partial charge in [-0.2, -0.15) is 13.2 Å². The summed E-state index contributed by atoms with van der Waals surface area (Å²) in [5.74, 6) is -5.95. The smallest absolute Gasteiger partial charge is 0.404 e. The number of carbonyl (C=O) groups is 2. The van der Waals surface area contributed by atoms with Gasteiger partial charge in [-0.25, -0.2) is 18.5 Å². The van der Waals surface area contributed by atoms with E-state index in [0.717, 1.165) is 13.3 Å². The first-order valence-electron chi connectivity index (χ1n) is 10.8. The summed E-state index contributed by atoms with van der Waals surface area (Å²) in [5.41, 5.74) is 6.08. The van der Waals surface area contributed by atoms with Crippen molar-refractivity contribution in [1.29, 1.82) is 0 Å². The highest BCUT2D eigenvalue weighted by molar-refractivity contribution is 7.90. The van der Waals surface area contributed by atoms with Gasteiger partial charge >= 0.3 is 18.1 Å². The number of amides is 1. The van der Waals surface area contributed by atoms with Gasteiger partial charge in [-0.3, -0.25) is 15.4 Å². The minimum Gasteiger partial charge on any atom is -0.404 e. The molecule has 12 heteroatoms. The molecule has 3 N–H and O–H groups in total. The van der Waals surface area contributed by atoms with E-state index in [9.17, 15) is 31.2 Å². The standard InChI is InChI=1S/C25H22F3N3O5S/c1-31-21(32)23(18-8-4-3-5-9-18,30-25(31,29)36-22(33)24(26,27)28)19-10-6-7-17(15-19)16-11-13-20(14-12-16)37(2,34)35/h3-15,30H,29H2,1-2H3. The Morgan fingerprint density at radius 2 is 1.54 bits per heavy atom. The Kier molecular flexibility index (Phi) is 6.39. The van der Waals surface area contributed by atoms with Crippen LogP contribution in [0.1, 0.15) is 11.1 Å². The van der Waals surface area contributed by atoms with Crippen LogP contribution in [-0.4, -0.2) is 50.6 Å². The molecule has 1 aliphatic heterocycles. The molecule has 0 aliphatic carbocycles. The molecule has 2 atom stereocenters. The van der Waals surface area contributed by atoms with Gasteiger partial charge in [0.2, 0.25) is 0 Å². The van der Waals surface area contributed by atoms with Gasteiger partial charge in [0.1, 0.15) is 0 Å². The number of carbonyl (C=O) groups excluding carboxylic acids is 2. The van der Waals surface area contributed by atoms with Crippen LogP contribution in [0.2, 0.25) is 0 Å². The van der Waals surface area contributed by atoms with Gasteiger partial charge in [0, 0.05) is 13.3 Å². The number of hydrogen-bond acceptors (Lipinski definition) is 7. The van der Waals surface area contributed by atoms with E-state index >= 15 is 0 Å². The lowest BCUT2D eigenvalue weighted by atomic mass is 9.81. The molecule has 1 heterocycles. The van der Waals surface area contributed by atoms with Crippen LogP contribution in [0.25, 0.3) is 11.1 Å². The summed E-state index contributed by atoms with van der Waals surface area (Å²) < 4.78 is 67.1. The Hall–Kier alpha value is -3.74. The Labute approximate surface area is 210 Å². The van der Waals surface area contributed by atoms with Crippen LogP contribution in [0.4, 0.5) is 13.2 Å². The summed E-state index contributed by atoms with van der Waals surface area (Å²) in [5, 5.41) is 2.66. The number of alkyl halides is 3. The van der Waals surface area contributed by atoms with Gasteiger partial charge in [-0.15, -0.1) is 0 Å². The number of hydrogen-bond donors (Lipinski definition) is 2. The molecule has 1 fully saturated rings. The molecule has 8 nitrogen and oxygen atoms in total. The predicted molar refractivity (Wildman–Crippen MR) is 127 cm³/mol. The number of rotatable bonds is 5. The van der Waals surface area contributed by atoms with E-state index in [2.05, 4.69) is 10.1 Å². The molecule has 1 saturated heterocycles. The second kappa shape index (κ2) is 8.98. The van der Waals surface area contributed by atoms with E-state index < -0.39 is 39.4 Å². The van der Waals surface area contributed by atoms with E-state index in [1.807, 2.05) is 0 Å². The highest BCUT2D eigenvalue weighted by Crippen LogP contribution is 2.41. The van der Waals surface area contributed by atoms with Gasteiger partial charge in [-0.05, 0) is 40.5 Å². The molecule has 194 valence electrons. The molecule has 37 heavy (non-hydrogen) atoms. The number of sulfone groups is 1. The topological polar surface area (TPSA) is 119 Å². The van der Waals surface area contributed by atoms with Crippen LogP contribution < -0.4 is 11.1 Å². The molecule has 2 unspecified atom stereocenters. The third kappa shape index (κ3) is 4.70. The van der Waals surface area contributed by atoms with E-state index in [0.29, 0.717) is 27.2 Å². The van der Waals surface area contributed by atoms with Crippen LogP contribution >= 0.6 is 0 Å². The predicted octanol–water partition coefficient (Wildman–Crippen LogP) is 2.74. The molecule has 0 spiro atoms. The highest BCUT2D eigenvalue weighted by Gasteiger charge is 2.62. The van der Waals surface area contributed by atoms with Crippen molar-refractivity contribution in [2.45, 2.75) is 22.6 Å². The Bertz CT molecular complexity index is 1460. The lowest BCUT2D eigenvalue weighted by molar-refractivity contribution is -0.228. The third-order valence-corrected chi connectivity index (χ3v) is 7.22. The molecule has 0 aromatic heterocycles. The maximum absolute atomic E-state index is 13.7. The molecule has 4 rings (SSSR count). The van der Waals surface area contributed by atoms with Crippen LogP contribution in [0.3, 0.4) is 0 Å². The largest absolute Gasteiger partial charge is 0.491 e. The average molecular weight is 534 g/mol. The fourth-order valence-corrected chi connectivity index (χ4v) is 4.80. The molecule has 3 aromatic rings. The summed E-state index contributed by atoms with van der Waals surface area (Å²) in [6, 6.07) is 20.8. The van der Waals surface area contributed by atoms with Crippen molar-refractivity contribution in [3.63, 3.8) is 0 Å². The number of nitrogens with zero attached hydrogens (tertiary/aromatic N) is 1. The molecular weight excluding hydrogens is 511 g/mol. The minimum atomic E-state index is -5.34. The molecular formula is C25H22F3N3O5S. The molecule has 1 amide bonds. The van der Waals surface area contributed by atoms with Crippen LogP contribution in [0, 0.1) is 0 Å². The number of ether oxygens (including phenoxy) is 1. The maximum Gasteiger partial charge on any atom is 0.491 e. The number of halogens is 3. The Morgan fingerprint density at radius 1 is 0.946 bits per heavy atom. The van der Waals surface area contributed by atoms with Gasteiger partial charge < -0.3 is 4.74 Å². The van der Waals surface area contributed by atoms with Crippen molar-refractivity contribution < 1.29 is 35.9 Å². The SMILES string of the molecule is CN1C(=O)C(c2ccccc2)(c2cccc(-c3ccc(S(C)(=O)=O)cc3)c2)NC1(N)OC(=O)C(F)(F)F. The number of benzene rings is 3. The summed E-state index contributed by atoms with van der Waals surface area (Å²) in [4.78, 5) is 26.2. The zero-order valence-corrected chi connectivity index (χ0v) is 20.4. The van der Waals surface area contributed by atoms with E-state index in [1.165, 1.54) is 12.1 Å². The zero-order valence-electron chi connectivity index (χ0n) is 19.6. The second-order valence-electron chi connectivity index (χ2n) is 8.57. The molecule has 3 aromatic carbocycles. The summed E-state index contributed by atoms with van der Waals surface area (Å²) in [7, 11) is -2.29. The number of likely N-dealkylation sites (N-methyl/N-ethyl adjacent to an activating group) is 1. The Balaban J connectivity index is 1.85. The van der Waals surface area contributed by atoms with Crippen LogP contribution in [0.5, 0.6) is 0 Å². The minimum absolute atomic E-state index is 0.127. The lowest BCUT2D eigenvalue weighted by Crippen LogP contribution is -2.64. The van der Waals surface area contributed by atoms with Crippen molar-refractivity contribution >= 4 is 21.7 Å². The van der Waals surface area contributed by atoms with Crippen molar-refractivity contribution in [2.75, 3.05) is 13.3 Å². The van der Waals surface area contributed by atoms with Crippen molar-refractivity contribution in [3.05, 3.63) is 90.0 Å². The highest BCUT2D eigenvalue weighted by atomic mass is 32.2. The van der Waals surface area contributed by atoms with Gasteiger partial charge in [0.15, 0.2) is 15.4 Å². The van der Waals surface area contributed by atoms with Gasteiger partial charge in [0.05, 0.1) is 4.90 Å². The van der Waals surface area contributed by atoms with Crippen LogP contribution in [-0.2, 0) is 29.7 Å². The first-order chi connectivity index (χ1) is 17.2. The number of nitrogens with one attached hydrogen (secondary N) is 1. The second-order valence-corrected chi connectivity index (χ2v) is 10.6. The monoisotopic (exact) mass is 533 g/mol.